The number of pyridine rings is 1. The first-order valence-corrected chi connectivity index (χ1v) is 12.1. The molecule has 31 heavy (non-hydrogen) atoms. The topological polar surface area (TPSA) is 49.8 Å². The first kappa shape index (κ1) is 22.2. The Morgan fingerprint density at radius 2 is 2.00 bits per heavy atom. The molecule has 5 nitrogen and oxygen atoms in total. The molecule has 2 aliphatic heterocycles. The Bertz CT molecular complexity index is 937. The van der Waals surface area contributed by atoms with Gasteiger partial charge in [-0.05, 0) is 36.0 Å². The SMILES string of the molecule is CC(C)CN1CCC2N=C(Nc3cccnc3Oc3ccccc3C(C)(C)C)SC2C1. The van der Waals surface area contributed by atoms with Gasteiger partial charge in [0.1, 0.15) is 11.4 Å². The van der Waals surface area contributed by atoms with E-state index >= 15 is 0 Å². The number of nitrogens with one attached hydrogen (secondary N) is 1. The van der Waals surface area contributed by atoms with Crippen LogP contribution >= 0.6 is 11.8 Å². The number of likely N-dealkylation sites (tertiary alicyclic amines) is 1. The van der Waals surface area contributed by atoms with Crippen LogP contribution in [0, 0.1) is 5.92 Å². The van der Waals surface area contributed by atoms with E-state index in [0.717, 1.165) is 41.7 Å². The number of rotatable bonds is 5. The number of anilines is 1. The van der Waals surface area contributed by atoms with Gasteiger partial charge in [-0.15, -0.1) is 0 Å². The predicted molar refractivity (Wildman–Crippen MR) is 132 cm³/mol. The van der Waals surface area contributed by atoms with Crippen molar-refractivity contribution < 1.29 is 4.74 Å². The molecular formula is C25H34N4OS. The van der Waals surface area contributed by atoms with Crippen molar-refractivity contribution >= 4 is 22.6 Å². The van der Waals surface area contributed by atoms with Crippen molar-refractivity contribution in [1.29, 1.82) is 0 Å². The molecule has 6 heteroatoms. The molecular weight excluding hydrogens is 404 g/mol. The average molecular weight is 439 g/mol. The number of aliphatic imine (C=N–C) groups is 1. The third-order valence-electron chi connectivity index (χ3n) is 5.69. The van der Waals surface area contributed by atoms with Crippen LogP contribution in [-0.2, 0) is 5.41 Å². The lowest BCUT2D eigenvalue weighted by molar-refractivity contribution is 0.200. The van der Waals surface area contributed by atoms with Crippen molar-refractivity contribution in [2.75, 3.05) is 25.0 Å². The molecule has 0 radical (unpaired) electrons. The van der Waals surface area contributed by atoms with Gasteiger partial charge < -0.3 is 15.0 Å². The van der Waals surface area contributed by atoms with Gasteiger partial charge in [-0.25, -0.2) is 4.98 Å². The maximum atomic E-state index is 6.31. The highest BCUT2D eigenvalue weighted by molar-refractivity contribution is 8.15. The molecule has 3 heterocycles. The third-order valence-corrected chi connectivity index (χ3v) is 6.89. The molecule has 0 aliphatic carbocycles. The smallest absolute Gasteiger partial charge is 0.243 e. The molecule has 4 rings (SSSR count). The molecule has 166 valence electrons. The molecule has 0 spiro atoms. The number of thioether (sulfide) groups is 1. The van der Waals surface area contributed by atoms with Crippen molar-refractivity contribution in [3.05, 3.63) is 48.2 Å². The molecule has 2 aliphatic rings. The van der Waals surface area contributed by atoms with Crippen LogP contribution < -0.4 is 10.1 Å². The first-order valence-electron chi connectivity index (χ1n) is 11.3. The molecule has 1 aromatic heterocycles. The number of ether oxygens (including phenoxy) is 1. The summed E-state index contributed by atoms with van der Waals surface area (Å²) in [7, 11) is 0. The summed E-state index contributed by atoms with van der Waals surface area (Å²) in [6.07, 6.45) is 2.90. The third kappa shape index (κ3) is 5.42. The van der Waals surface area contributed by atoms with Crippen LogP contribution in [0.1, 0.15) is 46.6 Å². The first-order chi connectivity index (χ1) is 14.8. The second-order valence-electron chi connectivity index (χ2n) is 9.93. The number of benzene rings is 1. The second kappa shape index (κ2) is 9.21. The molecule has 2 aromatic rings. The fraction of sp³-hybridized carbons (Fsp3) is 0.520. The normalized spacial score (nSPS) is 21.7. The number of nitrogens with zero attached hydrogens (tertiary/aromatic N) is 3. The summed E-state index contributed by atoms with van der Waals surface area (Å²) in [6.45, 7) is 14.6. The van der Waals surface area contributed by atoms with Crippen LogP contribution in [0.25, 0.3) is 0 Å². The maximum absolute atomic E-state index is 6.31. The lowest BCUT2D eigenvalue weighted by atomic mass is 9.86. The summed E-state index contributed by atoms with van der Waals surface area (Å²) in [5.74, 6) is 2.13. The predicted octanol–water partition coefficient (Wildman–Crippen LogP) is 5.79. The van der Waals surface area contributed by atoms with Gasteiger partial charge in [0.25, 0.3) is 0 Å². The number of para-hydroxylation sites is 1. The van der Waals surface area contributed by atoms with E-state index in [1.807, 2.05) is 36.0 Å². The summed E-state index contributed by atoms with van der Waals surface area (Å²) in [6, 6.07) is 12.5. The van der Waals surface area contributed by atoms with Gasteiger partial charge in [0, 0.05) is 36.6 Å². The van der Waals surface area contributed by atoms with E-state index in [-0.39, 0.29) is 5.41 Å². The molecule has 2 unspecified atom stereocenters. The molecule has 1 saturated heterocycles. The van der Waals surface area contributed by atoms with Gasteiger partial charge >= 0.3 is 0 Å². The molecule has 0 saturated carbocycles. The molecule has 2 atom stereocenters. The van der Waals surface area contributed by atoms with Crippen molar-refractivity contribution in [3.63, 3.8) is 0 Å². The van der Waals surface area contributed by atoms with E-state index in [1.54, 1.807) is 6.20 Å². The van der Waals surface area contributed by atoms with E-state index in [4.69, 9.17) is 9.73 Å². The largest absolute Gasteiger partial charge is 0.437 e. The van der Waals surface area contributed by atoms with Gasteiger partial charge in [-0.2, -0.15) is 0 Å². The second-order valence-corrected chi connectivity index (χ2v) is 11.2. The fourth-order valence-corrected chi connectivity index (χ4v) is 5.55. The fourth-order valence-electron chi connectivity index (χ4n) is 4.26. The van der Waals surface area contributed by atoms with E-state index in [2.05, 4.69) is 62.0 Å². The summed E-state index contributed by atoms with van der Waals surface area (Å²) >= 11 is 1.86. The van der Waals surface area contributed by atoms with Crippen LogP contribution in [-0.4, -0.2) is 46.0 Å². The number of hydrogen-bond acceptors (Lipinski definition) is 6. The maximum Gasteiger partial charge on any atom is 0.243 e. The summed E-state index contributed by atoms with van der Waals surface area (Å²) < 4.78 is 6.31. The zero-order valence-electron chi connectivity index (χ0n) is 19.3. The Morgan fingerprint density at radius 3 is 2.77 bits per heavy atom. The number of fused-ring (bicyclic) bond motifs is 1. The zero-order valence-corrected chi connectivity index (χ0v) is 20.1. The zero-order chi connectivity index (χ0) is 22.0. The van der Waals surface area contributed by atoms with Crippen LogP contribution in [0.2, 0.25) is 0 Å². The molecule has 1 fully saturated rings. The Labute approximate surface area is 190 Å². The van der Waals surface area contributed by atoms with Crippen LogP contribution in [0.4, 0.5) is 5.69 Å². The number of amidine groups is 1. The van der Waals surface area contributed by atoms with Crippen LogP contribution in [0.5, 0.6) is 11.6 Å². The van der Waals surface area contributed by atoms with Crippen molar-refractivity contribution in [2.45, 2.75) is 57.7 Å². The van der Waals surface area contributed by atoms with E-state index in [9.17, 15) is 0 Å². The standard InChI is InChI=1S/C25H34N4OS/c1-17(2)15-29-14-12-19-22(16-29)31-24(27-19)28-20-10-8-13-26-23(20)30-21-11-7-6-9-18(21)25(3,4)5/h6-11,13,17,19,22H,12,14-16H2,1-5H3,(H,27,28). The molecule has 1 N–H and O–H groups in total. The average Bonchev–Trinajstić information content (AvgIpc) is 3.10. The highest BCUT2D eigenvalue weighted by atomic mass is 32.2. The highest BCUT2D eigenvalue weighted by Crippen LogP contribution is 2.37. The summed E-state index contributed by atoms with van der Waals surface area (Å²) in [5, 5.41) is 5.01. The van der Waals surface area contributed by atoms with Crippen LogP contribution in [0.3, 0.4) is 0 Å². The van der Waals surface area contributed by atoms with Crippen molar-refractivity contribution in [1.82, 2.24) is 9.88 Å². The van der Waals surface area contributed by atoms with Gasteiger partial charge in [-0.3, -0.25) is 4.99 Å². The molecule has 0 amide bonds. The van der Waals surface area contributed by atoms with Gasteiger partial charge in [-0.1, -0.05) is 64.6 Å². The van der Waals surface area contributed by atoms with Gasteiger partial charge in [0.05, 0.1) is 6.04 Å². The van der Waals surface area contributed by atoms with Crippen molar-refractivity contribution in [2.24, 2.45) is 10.9 Å². The minimum Gasteiger partial charge on any atom is -0.437 e. The number of hydrogen-bond donors (Lipinski definition) is 1. The minimum absolute atomic E-state index is 0.0120. The van der Waals surface area contributed by atoms with Crippen molar-refractivity contribution in [3.8, 4) is 11.6 Å². The Kier molecular flexibility index (Phi) is 6.58. The van der Waals surface area contributed by atoms with E-state index < -0.39 is 0 Å². The highest BCUT2D eigenvalue weighted by Gasteiger charge is 2.35. The van der Waals surface area contributed by atoms with E-state index in [1.165, 1.54) is 6.54 Å². The van der Waals surface area contributed by atoms with Crippen LogP contribution in [0.15, 0.2) is 47.6 Å². The van der Waals surface area contributed by atoms with Gasteiger partial charge in [0.2, 0.25) is 5.88 Å². The van der Waals surface area contributed by atoms with E-state index in [0.29, 0.717) is 23.1 Å². The Morgan fingerprint density at radius 1 is 1.19 bits per heavy atom. The Balaban J connectivity index is 1.48. The molecule has 1 aromatic carbocycles. The lowest BCUT2D eigenvalue weighted by Crippen LogP contribution is -2.44. The quantitative estimate of drug-likeness (QED) is 0.641. The monoisotopic (exact) mass is 438 g/mol. The molecule has 0 bridgehead atoms. The minimum atomic E-state index is -0.0120. The summed E-state index contributed by atoms with van der Waals surface area (Å²) in [5.41, 5.74) is 2.01. The summed E-state index contributed by atoms with van der Waals surface area (Å²) in [4.78, 5) is 12.1. The lowest BCUT2D eigenvalue weighted by Gasteiger charge is -2.34. The van der Waals surface area contributed by atoms with Gasteiger partial charge in [0.15, 0.2) is 5.17 Å². The number of aromatic nitrogens is 1. The number of piperidine rings is 1. The Hall–Kier alpha value is -2.05.